The number of methoxy groups -OCH3 is 1. The molecule has 0 aliphatic rings. The molecule has 1 N–H and O–H groups in total. The smallest absolute Gasteiger partial charge is 0.337 e. The zero-order chi connectivity index (χ0) is 14.8. The van der Waals surface area contributed by atoms with Gasteiger partial charge in [-0.15, -0.1) is 11.3 Å². The fraction of sp³-hybridized carbons (Fsp3) is 0.154. The number of sulfonamides is 1. The first-order valence-corrected chi connectivity index (χ1v) is 8.05. The van der Waals surface area contributed by atoms with Crippen LogP contribution in [0.5, 0.6) is 0 Å². The fourth-order valence-corrected chi connectivity index (χ4v) is 3.70. The summed E-state index contributed by atoms with van der Waals surface area (Å²) in [6, 6.07) is 7.90. The van der Waals surface area contributed by atoms with Crippen LogP contribution in [0.25, 0.3) is 0 Å². The van der Waals surface area contributed by atoms with Gasteiger partial charge in [0.25, 0.3) is 10.0 Å². The van der Waals surface area contributed by atoms with E-state index in [0.29, 0.717) is 11.3 Å². The summed E-state index contributed by atoms with van der Waals surface area (Å²) in [6.45, 7) is 1.76. The summed E-state index contributed by atoms with van der Waals surface area (Å²) in [5.74, 6) is -0.512. The van der Waals surface area contributed by atoms with Crippen LogP contribution in [-0.4, -0.2) is 21.5 Å². The van der Waals surface area contributed by atoms with Gasteiger partial charge in [0.1, 0.15) is 4.21 Å². The molecule has 0 fully saturated rings. The van der Waals surface area contributed by atoms with Crippen LogP contribution < -0.4 is 4.72 Å². The molecular weight excluding hydrogens is 298 g/mol. The van der Waals surface area contributed by atoms with E-state index in [4.69, 9.17) is 0 Å². The molecule has 0 spiro atoms. The Kier molecular flexibility index (Phi) is 4.10. The van der Waals surface area contributed by atoms with Gasteiger partial charge >= 0.3 is 5.97 Å². The minimum Gasteiger partial charge on any atom is -0.465 e. The van der Waals surface area contributed by atoms with Crippen LogP contribution in [0.1, 0.15) is 15.9 Å². The zero-order valence-electron chi connectivity index (χ0n) is 10.9. The second-order valence-corrected chi connectivity index (χ2v) is 6.92. The summed E-state index contributed by atoms with van der Waals surface area (Å²) < 4.78 is 31.6. The van der Waals surface area contributed by atoms with Crippen molar-refractivity contribution in [3.8, 4) is 0 Å². The summed E-state index contributed by atoms with van der Waals surface area (Å²) in [6.07, 6.45) is 0. The lowest BCUT2D eigenvalue weighted by molar-refractivity contribution is 0.0601. The Balaban J connectivity index is 2.36. The van der Waals surface area contributed by atoms with Crippen LogP contribution in [0.2, 0.25) is 0 Å². The highest BCUT2D eigenvalue weighted by Crippen LogP contribution is 2.23. The van der Waals surface area contributed by atoms with E-state index >= 15 is 0 Å². The standard InChI is InChI=1S/C13H13NO4S2/c1-9-5-6-10(13(15)18-2)8-11(9)14-20(16,17)12-4-3-7-19-12/h3-8,14H,1-2H3. The maximum absolute atomic E-state index is 12.1. The molecule has 0 atom stereocenters. The Morgan fingerprint density at radius 2 is 2.05 bits per heavy atom. The van der Waals surface area contributed by atoms with Gasteiger partial charge in [-0.1, -0.05) is 12.1 Å². The predicted octanol–water partition coefficient (Wildman–Crippen LogP) is 2.64. The summed E-state index contributed by atoms with van der Waals surface area (Å²) in [7, 11) is -2.35. The van der Waals surface area contributed by atoms with Gasteiger partial charge in [-0.05, 0) is 36.1 Å². The monoisotopic (exact) mass is 311 g/mol. The van der Waals surface area contributed by atoms with Gasteiger partial charge in [0, 0.05) is 0 Å². The molecule has 0 saturated heterocycles. The first kappa shape index (κ1) is 14.5. The van der Waals surface area contributed by atoms with E-state index in [1.54, 1.807) is 30.5 Å². The number of ether oxygens (including phenoxy) is 1. The third-order valence-electron chi connectivity index (χ3n) is 2.66. The number of thiophene rings is 1. The van der Waals surface area contributed by atoms with Crippen molar-refractivity contribution in [1.82, 2.24) is 0 Å². The lowest BCUT2D eigenvalue weighted by Crippen LogP contribution is -2.13. The van der Waals surface area contributed by atoms with Crippen LogP contribution in [0.15, 0.2) is 39.9 Å². The highest BCUT2D eigenvalue weighted by atomic mass is 32.2. The molecule has 5 nitrogen and oxygen atoms in total. The minimum atomic E-state index is -3.63. The quantitative estimate of drug-likeness (QED) is 0.881. The SMILES string of the molecule is COC(=O)c1ccc(C)c(NS(=O)(=O)c2cccs2)c1. The van der Waals surface area contributed by atoms with E-state index in [9.17, 15) is 13.2 Å². The van der Waals surface area contributed by atoms with Crippen molar-refractivity contribution in [3.63, 3.8) is 0 Å². The van der Waals surface area contributed by atoms with Gasteiger partial charge in [-0.25, -0.2) is 13.2 Å². The molecule has 1 aromatic heterocycles. The summed E-state index contributed by atoms with van der Waals surface area (Å²) in [4.78, 5) is 11.5. The third kappa shape index (κ3) is 3.00. The largest absolute Gasteiger partial charge is 0.465 e. The average Bonchev–Trinajstić information content (AvgIpc) is 2.95. The number of nitrogens with one attached hydrogen (secondary N) is 1. The summed E-state index contributed by atoms with van der Waals surface area (Å²) in [5, 5.41) is 1.69. The van der Waals surface area contributed by atoms with Crippen LogP contribution in [0.4, 0.5) is 5.69 Å². The second-order valence-electron chi connectivity index (χ2n) is 4.06. The highest BCUT2D eigenvalue weighted by molar-refractivity contribution is 7.94. The Bertz CT molecular complexity index is 721. The molecule has 0 saturated carbocycles. The molecule has 2 rings (SSSR count). The molecule has 106 valence electrons. The third-order valence-corrected chi connectivity index (χ3v) is 5.43. The van der Waals surface area contributed by atoms with Crippen molar-refractivity contribution in [1.29, 1.82) is 0 Å². The number of benzene rings is 1. The number of hydrogen-bond acceptors (Lipinski definition) is 5. The van der Waals surface area contributed by atoms with Gasteiger partial charge in [-0.2, -0.15) is 0 Å². The highest BCUT2D eigenvalue weighted by Gasteiger charge is 2.17. The lowest BCUT2D eigenvalue weighted by atomic mass is 10.1. The first-order chi connectivity index (χ1) is 9.44. The fourth-order valence-electron chi connectivity index (χ4n) is 1.59. The number of carbonyl (C=O) groups excluding carboxylic acids is 1. The topological polar surface area (TPSA) is 72.5 Å². The van der Waals surface area contributed by atoms with E-state index in [0.717, 1.165) is 16.9 Å². The number of rotatable bonds is 4. The number of carbonyl (C=O) groups is 1. The van der Waals surface area contributed by atoms with Gasteiger partial charge < -0.3 is 4.74 Å². The van der Waals surface area contributed by atoms with Crippen molar-refractivity contribution < 1.29 is 17.9 Å². The number of hydrogen-bond donors (Lipinski definition) is 1. The zero-order valence-corrected chi connectivity index (χ0v) is 12.5. The molecule has 2 aromatic rings. The van der Waals surface area contributed by atoms with Crippen molar-refractivity contribution in [2.75, 3.05) is 11.8 Å². The van der Waals surface area contributed by atoms with Crippen LogP contribution in [0.3, 0.4) is 0 Å². The van der Waals surface area contributed by atoms with E-state index in [-0.39, 0.29) is 4.21 Å². The average molecular weight is 311 g/mol. The van der Waals surface area contributed by atoms with E-state index in [1.165, 1.54) is 19.2 Å². The molecule has 20 heavy (non-hydrogen) atoms. The van der Waals surface area contributed by atoms with E-state index in [1.807, 2.05) is 0 Å². The maximum atomic E-state index is 12.1. The van der Waals surface area contributed by atoms with Crippen LogP contribution in [-0.2, 0) is 14.8 Å². The number of aryl methyl sites for hydroxylation is 1. The number of esters is 1. The maximum Gasteiger partial charge on any atom is 0.337 e. The molecule has 0 aliphatic carbocycles. The van der Waals surface area contributed by atoms with Crippen molar-refractivity contribution in [2.45, 2.75) is 11.1 Å². The van der Waals surface area contributed by atoms with Gasteiger partial charge in [-0.3, -0.25) is 4.72 Å². The number of anilines is 1. The molecule has 0 aliphatic heterocycles. The molecule has 0 bridgehead atoms. The Morgan fingerprint density at radius 3 is 2.65 bits per heavy atom. The normalized spacial score (nSPS) is 11.1. The molecule has 0 amide bonds. The van der Waals surface area contributed by atoms with Crippen LogP contribution in [0, 0.1) is 6.92 Å². The molecular formula is C13H13NO4S2. The Hall–Kier alpha value is -1.86. The van der Waals surface area contributed by atoms with Crippen molar-refractivity contribution in [2.24, 2.45) is 0 Å². The van der Waals surface area contributed by atoms with Crippen molar-refractivity contribution in [3.05, 3.63) is 46.8 Å². The molecule has 7 heteroatoms. The molecule has 1 heterocycles. The molecule has 0 unspecified atom stereocenters. The van der Waals surface area contributed by atoms with Crippen LogP contribution >= 0.6 is 11.3 Å². The molecule has 0 radical (unpaired) electrons. The summed E-state index contributed by atoms with van der Waals surface area (Å²) in [5.41, 5.74) is 1.38. The molecule has 1 aromatic carbocycles. The predicted molar refractivity (Wildman–Crippen MR) is 77.6 cm³/mol. The van der Waals surface area contributed by atoms with Gasteiger partial charge in [0.05, 0.1) is 18.4 Å². The second kappa shape index (κ2) is 5.64. The van der Waals surface area contributed by atoms with Gasteiger partial charge in [0.2, 0.25) is 0 Å². The van der Waals surface area contributed by atoms with Gasteiger partial charge in [0.15, 0.2) is 0 Å². The lowest BCUT2D eigenvalue weighted by Gasteiger charge is -2.10. The Labute approximate surface area is 121 Å². The summed E-state index contributed by atoms with van der Waals surface area (Å²) >= 11 is 1.13. The van der Waals surface area contributed by atoms with E-state index < -0.39 is 16.0 Å². The van der Waals surface area contributed by atoms with E-state index in [2.05, 4.69) is 9.46 Å². The van der Waals surface area contributed by atoms with Crippen molar-refractivity contribution >= 4 is 33.0 Å². The Morgan fingerprint density at radius 1 is 1.30 bits per heavy atom. The first-order valence-electron chi connectivity index (χ1n) is 5.69. The minimum absolute atomic E-state index is 0.223.